The van der Waals surface area contributed by atoms with Crippen LogP contribution in [0.2, 0.25) is 0 Å². The molecule has 3 nitrogen and oxygen atoms in total. The van der Waals surface area contributed by atoms with Crippen molar-refractivity contribution in [2.24, 2.45) is 0 Å². The summed E-state index contributed by atoms with van der Waals surface area (Å²) in [6, 6.07) is 7.67. The van der Waals surface area contributed by atoms with Gasteiger partial charge in [-0.05, 0) is 37.8 Å². The molecule has 0 radical (unpaired) electrons. The van der Waals surface area contributed by atoms with Gasteiger partial charge in [-0.1, -0.05) is 19.1 Å². The maximum absolute atomic E-state index is 9.75. The average molecular weight is 236 g/mol. The van der Waals surface area contributed by atoms with Crippen molar-refractivity contribution in [2.45, 2.75) is 44.8 Å². The van der Waals surface area contributed by atoms with Gasteiger partial charge in [0.2, 0.25) is 0 Å². The van der Waals surface area contributed by atoms with Crippen LogP contribution in [0.4, 0.5) is 0 Å². The number of para-hydroxylation sites is 2. The van der Waals surface area contributed by atoms with Crippen LogP contribution in [0.15, 0.2) is 24.3 Å². The molecule has 17 heavy (non-hydrogen) atoms. The number of hydrogen-bond acceptors (Lipinski definition) is 3. The minimum Gasteiger partial charge on any atom is -0.490 e. The van der Waals surface area contributed by atoms with Crippen LogP contribution in [0.5, 0.6) is 11.5 Å². The number of hydrogen-bond donors (Lipinski definition) is 1. The molecule has 2 atom stereocenters. The molecule has 1 aromatic rings. The van der Waals surface area contributed by atoms with E-state index in [0.717, 1.165) is 37.2 Å². The quantitative estimate of drug-likeness (QED) is 0.854. The van der Waals surface area contributed by atoms with Crippen LogP contribution >= 0.6 is 0 Å². The molecule has 0 spiro atoms. The summed E-state index contributed by atoms with van der Waals surface area (Å²) in [5, 5.41) is 9.75. The largest absolute Gasteiger partial charge is 0.490 e. The zero-order chi connectivity index (χ0) is 12.1. The number of ether oxygens (including phenoxy) is 2. The zero-order valence-corrected chi connectivity index (χ0v) is 10.3. The second-order valence-electron chi connectivity index (χ2n) is 4.45. The molecule has 2 rings (SSSR count). The summed E-state index contributed by atoms with van der Waals surface area (Å²) in [4.78, 5) is 0. The van der Waals surface area contributed by atoms with Crippen molar-refractivity contribution in [3.8, 4) is 11.5 Å². The standard InChI is InChI=1S/C14H20O3/c1-2-10-16-13-7-3-4-8-14(13)17-12-9-5-6-11(12)15/h3-4,7-8,11-12,15H,2,5-6,9-10H2,1H3/t11-,12-/m1/s1. The molecule has 94 valence electrons. The lowest BCUT2D eigenvalue weighted by molar-refractivity contribution is 0.0581. The van der Waals surface area contributed by atoms with E-state index >= 15 is 0 Å². The molecule has 1 N–H and O–H groups in total. The van der Waals surface area contributed by atoms with Crippen molar-refractivity contribution in [1.29, 1.82) is 0 Å². The Morgan fingerprint density at radius 1 is 1.24 bits per heavy atom. The first-order valence-corrected chi connectivity index (χ1v) is 6.38. The first-order valence-electron chi connectivity index (χ1n) is 6.38. The third-order valence-electron chi connectivity index (χ3n) is 3.01. The van der Waals surface area contributed by atoms with Gasteiger partial charge in [0.1, 0.15) is 6.10 Å². The van der Waals surface area contributed by atoms with Gasteiger partial charge in [0.05, 0.1) is 12.7 Å². The Bertz CT molecular complexity index is 351. The highest BCUT2D eigenvalue weighted by atomic mass is 16.5. The first kappa shape index (κ1) is 12.2. The maximum atomic E-state index is 9.75. The van der Waals surface area contributed by atoms with E-state index in [-0.39, 0.29) is 12.2 Å². The fraction of sp³-hybridized carbons (Fsp3) is 0.571. The van der Waals surface area contributed by atoms with Crippen molar-refractivity contribution in [1.82, 2.24) is 0 Å². The van der Waals surface area contributed by atoms with Gasteiger partial charge in [0.25, 0.3) is 0 Å². The molecule has 3 heteroatoms. The molecule has 0 saturated heterocycles. The predicted octanol–water partition coefficient (Wildman–Crippen LogP) is 2.77. The van der Waals surface area contributed by atoms with Crippen LogP contribution in [0, 0.1) is 0 Å². The second-order valence-corrected chi connectivity index (χ2v) is 4.45. The lowest BCUT2D eigenvalue weighted by Gasteiger charge is -2.19. The van der Waals surface area contributed by atoms with Crippen LogP contribution in [0.3, 0.4) is 0 Å². The fourth-order valence-corrected chi connectivity index (χ4v) is 2.09. The summed E-state index contributed by atoms with van der Waals surface area (Å²) in [6.07, 6.45) is 3.34. The van der Waals surface area contributed by atoms with E-state index in [1.165, 1.54) is 0 Å². The Balaban J connectivity index is 2.03. The Morgan fingerprint density at radius 3 is 2.65 bits per heavy atom. The Labute approximate surface area is 102 Å². The molecule has 0 bridgehead atoms. The van der Waals surface area contributed by atoms with Crippen LogP contribution in [-0.4, -0.2) is 23.9 Å². The SMILES string of the molecule is CCCOc1ccccc1O[C@@H]1CCC[C@H]1O. The molecular weight excluding hydrogens is 216 g/mol. The van der Waals surface area contributed by atoms with E-state index in [2.05, 4.69) is 6.92 Å². The number of rotatable bonds is 5. The number of benzene rings is 1. The topological polar surface area (TPSA) is 38.7 Å². The van der Waals surface area contributed by atoms with E-state index in [0.29, 0.717) is 6.61 Å². The van der Waals surface area contributed by atoms with Gasteiger partial charge in [-0.2, -0.15) is 0 Å². The van der Waals surface area contributed by atoms with Gasteiger partial charge in [0.15, 0.2) is 11.5 Å². The van der Waals surface area contributed by atoms with Gasteiger partial charge in [-0.25, -0.2) is 0 Å². The number of aliphatic hydroxyl groups excluding tert-OH is 1. The molecule has 0 amide bonds. The number of aliphatic hydroxyl groups is 1. The third-order valence-corrected chi connectivity index (χ3v) is 3.01. The summed E-state index contributed by atoms with van der Waals surface area (Å²) in [5.41, 5.74) is 0. The molecule has 1 saturated carbocycles. The van der Waals surface area contributed by atoms with Crippen LogP contribution < -0.4 is 9.47 Å². The molecule has 0 aromatic heterocycles. The normalized spacial score (nSPS) is 23.6. The van der Waals surface area contributed by atoms with E-state index in [9.17, 15) is 5.11 Å². The van der Waals surface area contributed by atoms with Gasteiger partial charge in [-0.3, -0.25) is 0 Å². The first-order chi connectivity index (χ1) is 8.31. The molecule has 0 aliphatic heterocycles. The smallest absolute Gasteiger partial charge is 0.161 e. The molecule has 0 unspecified atom stereocenters. The molecule has 0 heterocycles. The summed E-state index contributed by atoms with van der Waals surface area (Å²) in [5.74, 6) is 1.51. The average Bonchev–Trinajstić information content (AvgIpc) is 2.74. The maximum Gasteiger partial charge on any atom is 0.161 e. The summed E-state index contributed by atoms with van der Waals surface area (Å²) in [7, 11) is 0. The van der Waals surface area contributed by atoms with Gasteiger partial charge in [0, 0.05) is 0 Å². The van der Waals surface area contributed by atoms with Crippen LogP contribution in [0.25, 0.3) is 0 Å². The highest BCUT2D eigenvalue weighted by Gasteiger charge is 2.27. The van der Waals surface area contributed by atoms with E-state index in [1.54, 1.807) is 0 Å². The third kappa shape index (κ3) is 3.13. The Morgan fingerprint density at radius 2 is 2.00 bits per heavy atom. The molecule has 1 aliphatic carbocycles. The zero-order valence-electron chi connectivity index (χ0n) is 10.3. The minimum absolute atomic E-state index is 0.0821. The lowest BCUT2D eigenvalue weighted by Crippen LogP contribution is -2.25. The highest BCUT2D eigenvalue weighted by molar-refractivity contribution is 5.39. The monoisotopic (exact) mass is 236 g/mol. The van der Waals surface area contributed by atoms with E-state index in [1.807, 2.05) is 24.3 Å². The second kappa shape index (κ2) is 5.92. The van der Waals surface area contributed by atoms with E-state index in [4.69, 9.17) is 9.47 Å². The van der Waals surface area contributed by atoms with Crippen molar-refractivity contribution < 1.29 is 14.6 Å². The summed E-state index contributed by atoms with van der Waals surface area (Å²) >= 11 is 0. The van der Waals surface area contributed by atoms with E-state index < -0.39 is 0 Å². The lowest BCUT2D eigenvalue weighted by atomic mass is 10.2. The van der Waals surface area contributed by atoms with Crippen molar-refractivity contribution in [2.75, 3.05) is 6.61 Å². The Hall–Kier alpha value is -1.22. The van der Waals surface area contributed by atoms with Crippen molar-refractivity contribution >= 4 is 0 Å². The molecule has 1 fully saturated rings. The van der Waals surface area contributed by atoms with Gasteiger partial charge < -0.3 is 14.6 Å². The van der Waals surface area contributed by atoms with Gasteiger partial charge >= 0.3 is 0 Å². The Kier molecular flexibility index (Phi) is 4.26. The fourth-order valence-electron chi connectivity index (χ4n) is 2.09. The highest BCUT2D eigenvalue weighted by Crippen LogP contribution is 2.31. The minimum atomic E-state index is -0.339. The summed E-state index contributed by atoms with van der Waals surface area (Å²) in [6.45, 7) is 2.76. The molecule has 1 aromatic carbocycles. The molecular formula is C14H20O3. The van der Waals surface area contributed by atoms with Crippen molar-refractivity contribution in [3.05, 3.63) is 24.3 Å². The summed E-state index contributed by atoms with van der Waals surface area (Å²) < 4.78 is 11.5. The van der Waals surface area contributed by atoms with Crippen molar-refractivity contribution in [3.63, 3.8) is 0 Å². The van der Waals surface area contributed by atoms with Crippen LogP contribution in [-0.2, 0) is 0 Å². The predicted molar refractivity (Wildman–Crippen MR) is 66.5 cm³/mol. The van der Waals surface area contributed by atoms with Gasteiger partial charge in [-0.15, -0.1) is 0 Å². The molecule has 1 aliphatic rings. The van der Waals surface area contributed by atoms with Crippen LogP contribution in [0.1, 0.15) is 32.6 Å².